The van der Waals surface area contributed by atoms with Gasteiger partial charge in [0, 0.05) is 18.0 Å². The first kappa shape index (κ1) is 13.5. The normalized spacial score (nSPS) is 25.8. The van der Waals surface area contributed by atoms with Crippen molar-refractivity contribution in [3.05, 3.63) is 35.5 Å². The minimum Gasteiger partial charge on any atom is -0.236 e. The molecule has 2 fully saturated rings. The first-order valence-electron chi connectivity index (χ1n) is 7.12. The predicted octanol–water partition coefficient (Wildman–Crippen LogP) is 3.06. The van der Waals surface area contributed by atoms with Crippen LogP contribution in [0, 0.1) is 5.92 Å². The zero-order valence-corrected chi connectivity index (χ0v) is 12.9. The van der Waals surface area contributed by atoms with Gasteiger partial charge in [0.15, 0.2) is 0 Å². The van der Waals surface area contributed by atoms with Gasteiger partial charge in [-0.2, -0.15) is 4.31 Å². The zero-order valence-electron chi connectivity index (χ0n) is 11.4. The highest BCUT2D eigenvalue weighted by Gasteiger charge is 2.44. The Morgan fingerprint density at radius 2 is 2.05 bits per heavy atom. The van der Waals surface area contributed by atoms with Crippen molar-refractivity contribution in [3.63, 3.8) is 0 Å². The molecule has 0 N–H and O–H groups in total. The Hall–Kier alpha value is -1.17. The molecule has 2 atom stereocenters. The van der Waals surface area contributed by atoms with Crippen LogP contribution in [0.3, 0.4) is 0 Å². The zero-order chi connectivity index (χ0) is 14.6. The van der Waals surface area contributed by atoms with Crippen LogP contribution in [-0.4, -0.2) is 30.3 Å². The SMILES string of the molecule is O=S(=O)(c1ccc2nc(Cl)ccc2c1)N1CC2CCC1C2. The van der Waals surface area contributed by atoms with Crippen LogP contribution in [0.4, 0.5) is 0 Å². The second-order valence-electron chi connectivity index (χ2n) is 5.90. The highest BCUT2D eigenvalue weighted by Crippen LogP contribution is 2.40. The molecule has 1 saturated carbocycles. The summed E-state index contributed by atoms with van der Waals surface area (Å²) < 4.78 is 27.3. The molecule has 6 heteroatoms. The predicted molar refractivity (Wildman–Crippen MR) is 81.8 cm³/mol. The second-order valence-corrected chi connectivity index (χ2v) is 8.17. The Balaban J connectivity index is 1.77. The van der Waals surface area contributed by atoms with Crippen molar-refractivity contribution >= 4 is 32.5 Å². The maximum Gasteiger partial charge on any atom is 0.243 e. The number of hydrogen-bond donors (Lipinski definition) is 0. The van der Waals surface area contributed by atoms with Crippen molar-refractivity contribution in [2.75, 3.05) is 6.54 Å². The Morgan fingerprint density at radius 3 is 2.76 bits per heavy atom. The van der Waals surface area contributed by atoms with Gasteiger partial charge in [-0.1, -0.05) is 11.6 Å². The number of benzene rings is 1. The molecule has 2 aromatic rings. The van der Waals surface area contributed by atoms with E-state index in [-0.39, 0.29) is 6.04 Å². The maximum atomic E-state index is 12.8. The lowest BCUT2D eigenvalue weighted by molar-refractivity contribution is 0.333. The summed E-state index contributed by atoms with van der Waals surface area (Å²) in [7, 11) is -3.40. The molecule has 1 saturated heterocycles. The van der Waals surface area contributed by atoms with Gasteiger partial charge in [-0.15, -0.1) is 0 Å². The minimum atomic E-state index is -3.40. The van der Waals surface area contributed by atoms with Gasteiger partial charge in [0.2, 0.25) is 10.0 Å². The van der Waals surface area contributed by atoms with E-state index in [0.717, 1.165) is 24.6 Å². The van der Waals surface area contributed by atoms with Gasteiger partial charge in [0.05, 0.1) is 10.4 Å². The molecule has 2 unspecified atom stereocenters. The quantitative estimate of drug-likeness (QED) is 0.798. The van der Waals surface area contributed by atoms with E-state index in [1.165, 1.54) is 0 Å². The Morgan fingerprint density at radius 1 is 1.19 bits per heavy atom. The largest absolute Gasteiger partial charge is 0.243 e. The lowest BCUT2D eigenvalue weighted by Crippen LogP contribution is -2.37. The van der Waals surface area contributed by atoms with Gasteiger partial charge in [-0.05, 0) is 55.5 Å². The van der Waals surface area contributed by atoms with E-state index >= 15 is 0 Å². The maximum absolute atomic E-state index is 12.8. The van der Waals surface area contributed by atoms with Crippen LogP contribution < -0.4 is 0 Å². The van der Waals surface area contributed by atoms with Crippen molar-refractivity contribution in [1.82, 2.24) is 9.29 Å². The molecule has 4 nitrogen and oxygen atoms in total. The van der Waals surface area contributed by atoms with Crippen LogP contribution in [0.2, 0.25) is 5.15 Å². The molecule has 1 aliphatic carbocycles. The number of hydrogen-bond acceptors (Lipinski definition) is 3. The van der Waals surface area contributed by atoms with Crippen LogP contribution in [0.25, 0.3) is 10.9 Å². The number of halogens is 1. The van der Waals surface area contributed by atoms with Crippen molar-refractivity contribution in [3.8, 4) is 0 Å². The van der Waals surface area contributed by atoms with E-state index in [0.29, 0.717) is 28.0 Å². The fourth-order valence-electron chi connectivity index (χ4n) is 3.55. The smallest absolute Gasteiger partial charge is 0.236 e. The number of piperidine rings is 1. The lowest BCUT2D eigenvalue weighted by Gasteiger charge is -2.26. The lowest BCUT2D eigenvalue weighted by atomic mass is 10.1. The summed E-state index contributed by atoms with van der Waals surface area (Å²) in [5.74, 6) is 0.547. The highest BCUT2D eigenvalue weighted by molar-refractivity contribution is 7.89. The molecule has 0 spiro atoms. The molecule has 1 aliphatic heterocycles. The molecular formula is C15H15ClN2O2S. The van der Waals surface area contributed by atoms with Gasteiger partial charge in [-0.25, -0.2) is 13.4 Å². The number of sulfonamides is 1. The molecule has 4 rings (SSSR count). The first-order valence-corrected chi connectivity index (χ1v) is 8.94. The highest BCUT2D eigenvalue weighted by atomic mass is 35.5. The molecular weight excluding hydrogens is 308 g/mol. The van der Waals surface area contributed by atoms with Crippen LogP contribution in [-0.2, 0) is 10.0 Å². The summed E-state index contributed by atoms with van der Waals surface area (Å²) in [5, 5.41) is 1.21. The Bertz CT molecular complexity index is 822. The van der Waals surface area contributed by atoms with Gasteiger partial charge in [0.25, 0.3) is 0 Å². The third-order valence-corrected chi connectivity index (χ3v) is 6.72. The number of fused-ring (bicyclic) bond motifs is 3. The number of rotatable bonds is 2. The summed E-state index contributed by atoms with van der Waals surface area (Å²) in [6.45, 7) is 0.671. The topological polar surface area (TPSA) is 50.3 Å². The van der Waals surface area contributed by atoms with Crippen molar-refractivity contribution < 1.29 is 8.42 Å². The molecule has 1 aromatic carbocycles. The molecule has 2 aliphatic rings. The summed E-state index contributed by atoms with van der Waals surface area (Å²) in [6, 6.07) is 8.73. The van der Waals surface area contributed by atoms with Gasteiger partial charge >= 0.3 is 0 Å². The second kappa shape index (κ2) is 4.66. The average molecular weight is 323 g/mol. The summed E-state index contributed by atoms with van der Waals surface area (Å²) >= 11 is 5.86. The Labute approximate surface area is 128 Å². The van der Waals surface area contributed by atoms with Crippen molar-refractivity contribution in [2.24, 2.45) is 5.92 Å². The van der Waals surface area contributed by atoms with Crippen LogP contribution in [0.15, 0.2) is 35.2 Å². The molecule has 0 radical (unpaired) electrons. The van der Waals surface area contributed by atoms with E-state index in [4.69, 9.17) is 11.6 Å². The van der Waals surface area contributed by atoms with Crippen molar-refractivity contribution in [1.29, 1.82) is 0 Å². The van der Waals surface area contributed by atoms with E-state index in [1.807, 2.05) is 0 Å². The third kappa shape index (κ3) is 2.15. The fraction of sp³-hybridized carbons (Fsp3) is 0.400. The van der Waals surface area contributed by atoms with Gasteiger partial charge < -0.3 is 0 Å². The summed E-state index contributed by atoms with van der Waals surface area (Å²) in [5.41, 5.74) is 0.712. The molecule has 2 heterocycles. The molecule has 110 valence electrons. The fourth-order valence-corrected chi connectivity index (χ4v) is 5.48. The summed E-state index contributed by atoms with van der Waals surface area (Å²) in [6.07, 6.45) is 3.18. The van der Waals surface area contributed by atoms with Gasteiger partial charge in [0.1, 0.15) is 5.15 Å². The standard InChI is InChI=1S/C15H15ClN2O2S/c16-15-6-2-11-8-13(4-5-14(11)17-15)21(19,20)18-9-10-1-3-12(18)7-10/h2,4-6,8,10,12H,1,3,7,9H2. The number of nitrogens with zero attached hydrogens (tertiary/aromatic N) is 2. The van der Waals surface area contributed by atoms with E-state index < -0.39 is 10.0 Å². The molecule has 0 amide bonds. The summed E-state index contributed by atoms with van der Waals surface area (Å²) in [4.78, 5) is 4.54. The molecule has 1 aromatic heterocycles. The average Bonchev–Trinajstić information content (AvgIpc) is 3.09. The van der Waals surface area contributed by atoms with E-state index in [9.17, 15) is 8.42 Å². The number of pyridine rings is 1. The number of aromatic nitrogens is 1. The molecule has 21 heavy (non-hydrogen) atoms. The van der Waals surface area contributed by atoms with Crippen LogP contribution >= 0.6 is 11.6 Å². The monoisotopic (exact) mass is 322 g/mol. The first-order chi connectivity index (χ1) is 10.0. The van der Waals surface area contributed by atoms with Crippen LogP contribution in [0.5, 0.6) is 0 Å². The van der Waals surface area contributed by atoms with Crippen LogP contribution in [0.1, 0.15) is 19.3 Å². The van der Waals surface area contributed by atoms with E-state index in [2.05, 4.69) is 4.98 Å². The van der Waals surface area contributed by atoms with E-state index in [1.54, 1.807) is 34.6 Å². The Kier molecular flexibility index (Phi) is 3.00. The molecule has 2 bridgehead atoms. The third-order valence-electron chi connectivity index (χ3n) is 4.59. The minimum absolute atomic E-state index is 0.194. The van der Waals surface area contributed by atoms with Gasteiger partial charge in [-0.3, -0.25) is 0 Å². The van der Waals surface area contributed by atoms with Crippen molar-refractivity contribution in [2.45, 2.75) is 30.2 Å².